The molecule has 6 nitrogen and oxygen atoms in total. The Hall–Kier alpha value is -0.0231. The second kappa shape index (κ2) is 8.15. The van der Waals surface area contributed by atoms with Gasteiger partial charge in [-0.1, -0.05) is 41.5 Å². The second-order valence-electron chi connectivity index (χ2n) is 8.96. The standard InChI is InChI=1S/C19H38O6Si/c1-11(2)26(12(3)4,13(5)6)22-10-14-16-17(25-19(7,8)24-16)15(20)18(21-9)23-14/h11-18,20H,10H2,1-9H3/t14-,15-,16+,17-,18+/m1/s1. The molecule has 7 heteroatoms. The van der Waals surface area contributed by atoms with Crippen LogP contribution in [-0.4, -0.2) is 63.6 Å². The summed E-state index contributed by atoms with van der Waals surface area (Å²) in [6.45, 7) is 17.7. The maximum Gasteiger partial charge on any atom is 0.200 e. The normalized spacial score (nSPS) is 34.7. The van der Waals surface area contributed by atoms with Crippen LogP contribution in [0.25, 0.3) is 0 Å². The van der Waals surface area contributed by atoms with Gasteiger partial charge in [0.2, 0.25) is 0 Å². The van der Waals surface area contributed by atoms with E-state index in [1.54, 1.807) is 0 Å². The number of rotatable bonds is 7. The van der Waals surface area contributed by atoms with E-state index >= 15 is 0 Å². The van der Waals surface area contributed by atoms with Crippen LogP contribution in [-0.2, 0) is 23.4 Å². The monoisotopic (exact) mass is 390 g/mol. The number of ether oxygens (including phenoxy) is 4. The molecule has 2 aliphatic rings. The van der Waals surface area contributed by atoms with Crippen LogP contribution < -0.4 is 0 Å². The molecule has 26 heavy (non-hydrogen) atoms. The molecule has 0 aromatic heterocycles. The van der Waals surface area contributed by atoms with Crippen molar-refractivity contribution in [1.29, 1.82) is 0 Å². The van der Waals surface area contributed by atoms with E-state index in [1.165, 1.54) is 7.11 Å². The number of methoxy groups -OCH3 is 1. The minimum absolute atomic E-state index is 0.335. The predicted molar refractivity (Wildman–Crippen MR) is 103 cm³/mol. The average Bonchev–Trinajstić information content (AvgIpc) is 2.85. The number of aliphatic hydroxyl groups excluding tert-OH is 1. The van der Waals surface area contributed by atoms with Crippen molar-refractivity contribution >= 4 is 8.32 Å². The Bertz CT molecular complexity index is 445. The fourth-order valence-corrected chi connectivity index (χ4v) is 10.4. The van der Waals surface area contributed by atoms with Crippen LogP contribution in [0.1, 0.15) is 55.4 Å². The van der Waals surface area contributed by atoms with Crippen molar-refractivity contribution in [2.45, 2.75) is 109 Å². The number of hydrogen-bond donors (Lipinski definition) is 1. The van der Waals surface area contributed by atoms with Gasteiger partial charge >= 0.3 is 0 Å². The molecule has 0 unspecified atom stereocenters. The summed E-state index contributed by atoms with van der Waals surface area (Å²) in [6, 6.07) is 0. The van der Waals surface area contributed by atoms with Crippen LogP contribution in [0.4, 0.5) is 0 Å². The van der Waals surface area contributed by atoms with Gasteiger partial charge in [0.25, 0.3) is 0 Å². The number of hydrogen-bond acceptors (Lipinski definition) is 6. The lowest BCUT2D eigenvalue weighted by Crippen LogP contribution is -2.59. The van der Waals surface area contributed by atoms with Gasteiger partial charge in [0.05, 0.1) is 6.61 Å². The molecule has 0 amide bonds. The molecular weight excluding hydrogens is 352 g/mol. The van der Waals surface area contributed by atoms with Crippen LogP contribution in [0.3, 0.4) is 0 Å². The van der Waals surface area contributed by atoms with Crippen molar-refractivity contribution in [2.24, 2.45) is 0 Å². The van der Waals surface area contributed by atoms with Gasteiger partial charge in [0, 0.05) is 7.11 Å². The Kier molecular flexibility index (Phi) is 6.98. The molecule has 0 aromatic carbocycles. The first-order valence-corrected chi connectivity index (χ1v) is 12.0. The zero-order chi connectivity index (χ0) is 19.9. The summed E-state index contributed by atoms with van der Waals surface area (Å²) in [4.78, 5) is 0. The average molecular weight is 391 g/mol. The molecule has 0 aromatic rings. The lowest BCUT2D eigenvalue weighted by Gasteiger charge is -2.45. The van der Waals surface area contributed by atoms with E-state index in [9.17, 15) is 5.11 Å². The van der Waals surface area contributed by atoms with Crippen molar-refractivity contribution < 1.29 is 28.5 Å². The highest BCUT2D eigenvalue weighted by molar-refractivity contribution is 6.77. The first-order valence-electron chi connectivity index (χ1n) is 9.82. The zero-order valence-electron chi connectivity index (χ0n) is 17.8. The minimum Gasteiger partial charge on any atom is -0.413 e. The molecule has 0 bridgehead atoms. The van der Waals surface area contributed by atoms with Crippen molar-refractivity contribution in [3.05, 3.63) is 0 Å². The maximum absolute atomic E-state index is 10.5. The van der Waals surface area contributed by atoms with Gasteiger partial charge < -0.3 is 28.5 Å². The predicted octanol–water partition coefficient (Wildman–Crippen LogP) is 3.43. The summed E-state index contributed by atoms with van der Waals surface area (Å²) in [5.41, 5.74) is 1.47. The van der Waals surface area contributed by atoms with Crippen LogP contribution in [0, 0.1) is 0 Å². The van der Waals surface area contributed by atoms with Crippen molar-refractivity contribution in [3.63, 3.8) is 0 Å². The highest BCUT2D eigenvalue weighted by Gasteiger charge is 2.56. The molecule has 2 saturated heterocycles. The topological polar surface area (TPSA) is 66.4 Å². The van der Waals surface area contributed by atoms with Crippen LogP contribution in [0.5, 0.6) is 0 Å². The minimum atomic E-state index is -2.02. The molecule has 0 spiro atoms. The van der Waals surface area contributed by atoms with E-state index in [2.05, 4.69) is 41.5 Å². The first-order chi connectivity index (χ1) is 12.0. The van der Waals surface area contributed by atoms with Crippen LogP contribution in [0.2, 0.25) is 16.6 Å². The SMILES string of the molecule is CO[C@H]1O[C@H](CO[Si](C(C)C)(C(C)C)C(C)C)[C@@H]2OC(C)(C)O[C@@H]2[C@H]1O. The van der Waals surface area contributed by atoms with Gasteiger partial charge in [0.1, 0.15) is 24.4 Å². The summed E-state index contributed by atoms with van der Waals surface area (Å²) in [7, 11) is -0.490. The zero-order valence-corrected chi connectivity index (χ0v) is 18.8. The third kappa shape index (κ3) is 4.04. The second-order valence-corrected chi connectivity index (χ2v) is 14.4. The van der Waals surface area contributed by atoms with E-state index in [4.69, 9.17) is 23.4 Å². The molecule has 2 fully saturated rings. The summed E-state index contributed by atoms with van der Waals surface area (Å²) in [5, 5.41) is 10.5. The van der Waals surface area contributed by atoms with E-state index in [0.717, 1.165) is 0 Å². The Balaban J connectivity index is 2.21. The molecule has 0 saturated carbocycles. The molecule has 2 heterocycles. The first kappa shape index (κ1) is 22.3. The Morgan fingerprint density at radius 2 is 1.46 bits per heavy atom. The summed E-state index contributed by atoms with van der Waals surface area (Å²) in [6.07, 6.45) is -2.81. The van der Waals surface area contributed by atoms with Crippen LogP contribution >= 0.6 is 0 Å². The number of aliphatic hydroxyl groups is 1. The summed E-state index contributed by atoms with van der Waals surface area (Å²) >= 11 is 0. The molecule has 5 atom stereocenters. The van der Waals surface area contributed by atoms with Gasteiger partial charge in [0.15, 0.2) is 20.4 Å². The van der Waals surface area contributed by atoms with Crippen LogP contribution in [0.15, 0.2) is 0 Å². The highest BCUT2D eigenvalue weighted by atomic mass is 28.4. The molecule has 1 N–H and O–H groups in total. The van der Waals surface area contributed by atoms with E-state index in [0.29, 0.717) is 23.2 Å². The quantitative estimate of drug-likeness (QED) is 0.672. The molecular formula is C19H38O6Si. The van der Waals surface area contributed by atoms with Gasteiger partial charge in [-0.2, -0.15) is 0 Å². The Labute approximate surface area is 159 Å². The molecule has 0 radical (unpaired) electrons. The van der Waals surface area contributed by atoms with Crippen molar-refractivity contribution in [1.82, 2.24) is 0 Å². The summed E-state index contributed by atoms with van der Waals surface area (Å²) < 4.78 is 30.0. The van der Waals surface area contributed by atoms with E-state index in [-0.39, 0.29) is 12.2 Å². The molecule has 154 valence electrons. The third-order valence-corrected chi connectivity index (χ3v) is 12.0. The fraction of sp³-hybridized carbons (Fsp3) is 1.00. The lowest BCUT2D eigenvalue weighted by molar-refractivity contribution is -0.273. The fourth-order valence-electron chi connectivity index (χ4n) is 4.91. The third-order valence-electron chi connectivity index (χ3n) is 5.89. The van der Waals surface area contributed by atoms with Gasteiger partial charge in [-0.3, -0.25) is 0 Å². The van der Waals surface area contributed by atoms with Gasteiger partial charge in [-0.25, -0.2) is 0 Å². The lowest BCUT2D eigenvalue weighted by atomic mass is 9.99. The largest absolute Gasteiger partial charge is 0.413 e. The number of fused-ring (bicyclic) bond motifs is 1. The van der Waals surface area contributed by atoms with Gasteiger partial charge in [-0.05, 0) is 30.5 Å². The Morgan fingerprint density at radius 1 is 0.962 bits per heavy atom. The van der Waals surface area contributed by atoms with E-state index in [1.807, 2.05) is 13.8 Å². The molecule has 0 aliphatic carbocycles. The molecule has 2 rings (SSSR count). The van der Waals surface area contributed by atoms with Crippen molar-refractivity contribution in [3.8, 4) is 0 Å². The maximum atomic E-state index is 10.5. The van der Waals surface area contributed by atoms with Crippen molar-refractivity contribution in [2.75, 3.05) is 13.7 Å². The Morgan fingerprint density at radius 3 is 1.92 bits per heavy atom. The smallest absolute Gasteiger partial charge is 0.200 e. The van der Waals surface area contributed by atoms with E-state index < -0.39 is 32.6 Å². The molecule has 2 aliphatic heterocycles. The van der Waals surface area contributed by atoms with Gasteiger partial charge in [-0.15, -0.1) is 0 Å². The summed E-state index contributed by atoms with van der Waals surface area (Å²) in [5.74, 6) is -0.761. The highest BCUT2D eigenvalue weighted by Crippen LogP contribution is 2.43.